The van der Waals surface area contributed by atoms with Crippen molar-refractivity contribution in [2.75, 3.05) is 0 Å². The van der Waals surface area contributed by atoms with Crippen LogP contribution in [0, 0.1) is 16.0 Å². The summed E-state index contributed by atoms with van der Waals surface area (Å²) in [7, 11) is 0. The van der Waals surface area contributed by atoms with E-state index in [0.717, 1.165) is 24.8 Å². The summed E-state index contributed by atoms with van der Waals surface area (Å²) < 4.78 is 0. The molecule has 0 saturated carbocycles. The van der Waals surface area contributed by atoms with Crippen LogP contribution in [0.2, 0.25) is 0 Å². The lowest BCUT2D eigenvalue weighted by Crippen LogP contribution is -2.25. The molecule has 2 atom stereocenters. The number of nitrogens with zero attached hydrogens (tertiary/aromatic N) is 1. The fraction of sp³-hybridized carbons (Fsp3) is 0.538. The Labute approximate surface area is 102 Å². The normalized spacial score (nSPS) is 14.3. The van der Waals surface area contributed by atoms with Crippen molar-refractivity contribution in [3.63, 3.8) is 0 Å². The molecule has 0 amide bonds. The molecule has 2 N–H and O–H groups in total. The average Bonchev–Trinajstić information content (AvgIpc) is 2.29. The van der Waals surface area contributed by atoms with Crippen LogP contribution in [0.4, 0.5) is 5.69 Å². The van der Waals surface area contributed by atoms with Gasteiger partial charge >= 0.3 is 0 Å². The predicted octanol–water partition coefficient (Wildman–Crippen LogP) is 2.90. The van der Waals surface area contributed by atoms with Gasteiger partial charge in [0.05, 0.1) is 4.92 Å². The third-order valence-corrected chi connectivity index (χ3v) is 3.05. The van der Waals surface area contributed by atoms with E-state index in [0.29, 0.717) is 5.92 Å². The average molecular weight is 236 g/mol. The molecule has 94 valence electrons. The van der Waals surface area contributed by atoms with Crippen molar-refractivity contribution in [1.82, 2.24) is 0 Å². The molecule has 0 bridgehead atoms. The third kappa shape index (κ3) is 4.53. The fourth-order valence-corrected chi connectivity index (χ4v) is 1.82. The number of hydrogen-bond acceptors (Lipinski definition) is 3. The first kappa shape index (κ1) is 13.6. The maximum Gasteiger partial charge on any atom is 0.269 e. The van der Waals surface area contributed by atoms with Crippen molar-refractivity contribution in [3.8, 4) is 0 Å². The van der Waals surface area contributed by atoms with Gasteiger partial charge in [0.25, 0.3) is 5.69 Å². The van der Waals surface area contributed by atoms with Gasteiger partial charge in [-0.2, -0.15) is 0 Å². The van der Waals surface area contributed by atoms with Crippen LogP contribution >= 0.6 is 0 Å². The highest BCUT2D eigenvalue weighted by atomic mass is 16.6. The molecule has 4 nitrogen and oxygen atoms in total. The Morgan fingerprint density at radius 1 is 1.35 bits per heavy atom. The molecular weight excluding hydrogens is 216 g/mol. The van der Waals surface area contributed by atoms with Gasteiger partial charge in [-0.15, -0.1) is 0 Å². The summed E-state index contributed by atoms with van der Waals surface area (Å²) in [6, 6.07) is 6.77. The van der Waals surface area contributed by atoms with Crippen LogP contribution in [-0.2, 0) is 6.42 Å². The molecule has 0 fully saturated rings. The smallest absolute Gasteiger partial charge is 0.269 e. The van der Waals surface area contributed by atoms with Gasteiger partial charge in [-0.3, -0.25) is 10.1 Å². The number of non-ortho nitro benzene ring substituents is 1. The maximum atomic E-state index is 10.5. The van der Waals surface area contributed by atoms with E-state index >= 15 is 0 Å². The molecule has 0 aliphatic carbocycles. The fourth-order valence-electron chi connectivity index (χ4n) is 1.82. The monoisotopic (exact) mass is 236 g/mol. The minimum Gasteiger partial charge on any atom is -0.327 e. The molecule has 1 aromatic rings. The maximum absolute atomic E-state index is 10.5. The van der Waals surface area contributed by atoms with Gasteiger partial charge in [-0.05, 0) is 24.3 Å². The molecule has 0 spiro atoms. The molecule has 0 radical (unpaired) electrons. The van der Waals surface area contributed by atoms with Crippen molar-refractivity contribution >= 4 is 5.69 Å². The number of hydrogen-bond donors (Lipinski definition) is 1. The summed E-state index contributed by atoms with van der Waals surface area (Å²) in [5.41, 5.74) is 7.24. The molecule has 0 saturated heterocycles. The summed E-state index contributed by atoms with van der Waals surface area (Å²) in [5, 5.41) is 10.5. The molecule has 4 heteroatoms. The zero-order valence-corrected chi connectivity index (χ0v) is 10.4. The first-order chi connectivity index (χ1) is 8.02. The second-order valence-corrected chi connectivity index (χ2v) is 4.64. The van der Waals surface area contributed by atoms with E-state index in [1.165, 1.54) is 12.1 Å². The van der Waals surface area contributed by atoms with Gasteiger partial charge in [0, 0.05) is 18.2 Å². The molecule has 17 heavy (non-hydrogen) atoms. The topological polar surface area (TPSA) is 69.2 Å². The van der Waals surface area contributed by atoms with E-state index in [1.54, 1.807) is 12.1 Å². The molecular formula is C13H20N2O2. The lowest BCUT2D eigenvalue weighted by atomic mass is 9.95. The third-order valence-electron chi connectivity index (χ3n) is 3.05. The van der Waals surface area contributed by atoms with Gasteiger partial charge in [0.15, 0.2) is 0 Å². The summed E-state index contributed by atoms with van der Waals surface area (Å²) >= 11 is 0. The largest absolute Gasteiger partial charge is 0.327 e. The molecule has 0 aliphatic rings. The number of nitro benzene ring substituents is 1. The van der Waals surface area contributed by atoms with Crippen molar-refractivity contribution in [2.24, 2.45) is 11.7 Å². The Morgan fingerprint density at radius 3 is 2.41 bits per heavy atom. The molecule has 2 unspecified atom stereocenters. The predicted molar refractivity (Wildman–Crippen MR) is 68.8 cm³/mol. The highest BCUT2D eigenvalue weighted by molar-refractivity contribution is 5.33. The first-order valence-corrected chi connectivity index (χ1v) is 6.01. The lowest BCUT2D eigenvalue weighted by Gasteiger charge is -2.15. The quantitative estimate of drug-likeness (QED) is 0.610. The number of nitro groups is 1. The van der Waals surface area contributed by atoms with E-state index in [4.69, 9.17) is 5.73 Å². The Bertz CT molecular complexity index is 362. The highest BCUT2D eigenvalue weighted by Crippen LogP contribution is 2.15. The Kier molecular flexibility index (Phi) is 5.10. The van der Waals surface area contributed by atoms with E-state index in [-0.39, 0.29) is 16.7 Å². The Morgan fingerprint density at radius 2 is 1.94 bits per heavy atom. The van der Waals surface area contributed by atoms with Crippen molar-refractivity contribution in [3.05, 3.63) is 39.9 Å². The second kappa shape index (κ2) is 6.35. The zero-order valence-electron chi connectivity index (χ0n) is 10.4. The number of rotatable bonds is 6. The molecule has 1 rings (SSSR count). The van der Waals surface area contributed by atoms with Crippen LogP contribution in [0.1, 0.15) is 32.3 Å². The summed E-state index contributed by atoms with van der Waals surface area (Å²) in [4.78, 5) is 10.1. The van der Waals surface area contributed by atoms with Crippen molar-refractivity contribution < 1.29 is 4.92 Å². The zero-order chi connectivity index (χ0) is 12.8. The van der Waals surface area contributed by atoms with Gasteiger partial charge in [0.2, 0.25) is 0 Å². The van der Waals surface area contributed by atoms with Crippen LogP contribution in [0.15, 0.2) is 24.3 Å². The van der Waals surface area contributed by atoms with Crippen LogP contribution in [0.25, 0.3) is 0 Å². The van der Waals surface area contributed by atoms with E-state index in [1.807, 2.05) is 0 Å². The minimum atomic E-state index is -0.386. The molecule has 0 heterocycles. The Hall–Kier alpha value is -1.42. The van der Waals surface area contributed by atoms with Crippen LogP contribution in [0.3, 0.4) is 0 Å². The van der Waals surface area contributed by atoms with Gasteiger partial charge in [-0.25, -0.2) is 0 Å². The number of benzene rings is 1. The molecule has 0 aliphatic heterocycles. The van der Waals surface area contributed by atoms with Crippen LogP contribution in [-0.4, -0.2) is 11.0 Å². The second-order valence-electron chi connectivity index (χ2n) is 4.64. The van der Waals surface area contributed by atoms with Crippen LogP contribution < -0.4 is 5.73 Å². The van der Waals surface area contributed by atoms with E-state index in [9.17, 15) is 10.1 Å². The van der Waals surface area contributed by atoms with E-state index in [2.05, 4.69) is 13.8 Å². The SMILES string of the molecule is CCC(C)CC(N)Cc1ccc([N+](=O)[O-])cc1. The minimum absolute atomic E-state index is 0.129. The van der Waals surface area contributed by atoms with Crippen LogP contribution in [0.5, 0.6) is 0 Å². The first-order valence-electron chi connectivity index (χ1n) is 6.01. The molecule has 0 aromatic heterocycles. The summed E-state index contributed by atoms with van der Waals surface area (Å²) in [6.07, 6.45) is 2.91. The summed E-state index contributed by atoms with van der Waals surface area (Å²) in [6.45, 7) is 4.35. The van der Waals surface area contributed by atoms with Crippen molar-refractivity contribution in [1.29, 1.82) is 0 Å². The number of nitrogens with two attached hydrogens (primary N) is 1. The van der Waals surface area contributed by atoms with Gasteiger partial charge in [-0.1, -0.05) is 32.4 Å². The lowest BCUT2D eigenvalue weighted by molar-refractivity contribution is -0.384. The molecule has 1 aromatic carbocycles. The Balaban J connectivity index is 2.54. The van der Waals surface area contributed by atoms with Gasteiger partial charge in [0.1, 0.15) is 0 Å². The standard InChI is InChI=1S/C13H20N2O2/c1-3-10(2)8-12(14)9-11-4-6-13(7-5-11)15(16)17/h4-7,10,12H,3,8-9,14H2,1-2H3. The van der Waals surface area contributed by atoms with Gasteiger partial charge < -0.3 is 5.73 Å². The van der Waals surface area contributed by atoms with E-state index < -0.39 is 0 Å². The summed E-state index contributed by atoms with van der Waals surface area (Å²) in [5.74, 6) is 0.628. The van der Waals surface area contributed by atoms with Crippen molar-refractivity contribution in [2.45, 2.75) is 39.2 Å². The highest BCUT2D eigenvalue weighted by Gasteiger charge is 2.10.